The number of rotatable bonds is 6. The molecule has 1 aliphatic rings. The highest BCUT2D eigenvalue weighted by Gasteiger charge is 2.42. The number of anilines is 1. The number of amides is 1. The van der Waals surface area contributed by atoms with Crippen molar-refractivity contribution in [2.75, 3.05) is 19.0 Å². The summed E-state index contributed by atoms with van der Waals surface area (Å²) in [6, 6.07) is 1.89. The Morgan fingerprint density at radius 2 is 2.30 bits per heavy atom. The third-order valence-electron chi connectivity index (χ3n) is 4.49. The van der Waals surface area contributed by atoms with Crippen LogP contribution in [0.5, 0.6) is 5.88 Å². The lowest BCUT2D eigenvalue weighted by molar-refractivity contribution is -0.143. The Kier molecular flexibility index (Phi) is 5.99. The molecule has 2 atom stereocenters. The largest absolute Gasteiger partial charge is 0.477 e. The van der Waals surface area contributed by atoms with Crippen molar-refractivity contribution >= 4 is 11.6 Å². The summed E-state index contributed by atoms with van der Waals surface area (Å²) in [5, 5.41) is 2.97. The van der Waals surface area contributed by atoms with Crippen molar-refractivity contribution in [1.29, 1.82) is 0 Å². The maximum absolute atomic E-state index is 12.7. The van der Waals surface area contributed by atoms with Crippen LogP contribution < -0.4 is 10.1 Å². The number of carbonyl (C=O) groups is 1. The van der Waals surface area contributed by atoms with Gasteiger partial charge in [-0.1, -0.05) is 20.3 Å². The molecule has 1 saturated carbocycles. The minimum absolute atomic E-state index is 0.0741. The molecular formula is C18H28N2O3. The molecule has 0 spiro atoms. The highest BCUT2D eigenvalue weighted by Crippen LogP contribution is 2.35. The molecule has 1 amide bonds. The molecule has 0 saturated heterocycles. The van der Waals surface area contributed by atoms with Crippen LogP contribution in [0, 0.1) is 12.8 Å². The number of aryl methyl sites for hydroxylation is 1. The molecule has 1 aromatic heterocycles. The van der Waals surface area contributed by atoms with Crippen molar-refractivity contribution in [3.05, 3.63) is 17.8 Å². The van der Waals surface area contributed by atoms with Crippen molar-refractivity contribution in [3.63, 3.8) is 0 Å². The molecule has 0 aromatic carbocycles. The lowest BCUT2D eigenvalue weighted by Gasteiger charge is -2.37. The molecule has 0 bridgehead atoms. The van der Waals surface area contributed by atoms with E-state index in [4.69, 9.17) is 9.47 Å². The van der Waals surface area contributed by atoms with Gasteiger partial charge in [-0.2, -0.15) is 0 Å². The van der Waals surface area contributed by atoms with Crippen LogP contribution in [-0.4, -0.2) is 30.2 Å². The van der Waals surface area contributed by atoms with Gasteiger partial charge in [-0.05, 0) is 44.6 Å². The highest BCUT2D eigenvalue weighted by atomic mass is 16.5. The van der Waals surface area contributed by atoms with Gasteiger partial charge in [0, 0.05) is 12.7 Å². The Bertz CT molecular complexity index is 547. The molecule has 0 aliphatic heterocycles. The van der Waals surface area contributed by atoms with Crippen LogP contribution in [0.4, 0.5) is 5.69 Å². The first-order valence-corrected chi connectivity index (χ1v) is 8.47. The standard InChI is InChI=1S/C18H28N2O3/c1-5-9-23-16-14(3)10-15(12-19-16)20-17(21)18(22-4)8-6-7-13(2)11-18/h10,12-13H,5-9,11H2,1-4H3,(H,20,21)/t13-,18+/m1/s1. The molecule has 1 N–H and O–H groups in total. The zero-order chi connectivity index (χ0) is 16.9. The van der Waals surface area contributed by atoms with Gasteiger partial charge in [0.15, 0.2) is 0 Å². The van der Waals surface area contributed by atoms with Crippen LogP contribution in [0.15, 0.2) is 12.3 Å². The first kappa shape index (κ1) is 17.7. The predicted molar refractivity (Wildman–Crippen MR) is 90.8 cm³/mol. The molecule has 5 heteroatoms. The van der Waals surface area contributed by atoms with E-state index in [1.807, 2.05) is 13.0 Å². The van der Waals surface area contributed by atoms with Crippen molar-refractivity contribution in [2.24, 2.45) is 5.92 Å². The van der Waals surface area contributed by atoms with Crippen LogP contribution in [-0.2, 0) is 9.53 Å². The topological polar surface area (TPSA) is 60.5 Å². The van der Waals surface area contributed by atoms with Crippen LogP contribution in [0.2, 0.25) is 0 Å². The first-order chi connectivity index (χ1) is 11.0. The minimum Gasteiger partial charge on any atom is -0.477 e. The van der Waals surface area contributed by atoms with Crippen molar-refractivity contribution in [2.45, 2.75) is 58.5 Å². The molecule has 23 heavy (non-hydrogen) atoms. The number of nitrogens with zero attached hydrogens (tertiary/aromatic N) is 1. The molecule has 1 fully saturated rings. The van der Waals surface area contributed by atoms with Gasteiger partial charge in [-0.15, -0.1) is 0 Å². The Morgan fingerprint density at radius 3 is 2.91 bits per heavy atom. The summed E-state index contributed by atoms with van der Waals surface area (Å²) in [6.07, 6.45) is 6.29. The first-order valence-electron chi connectivity index (χ1n) is 8.47. The summed E-state index contributed by atoms with van der Waals surface area (Å²) in [7, 11) is 1.63. The number of hydrogen-bond acceptors (Lipinski definition) is 4. The quantitative estimate of drug-likeness (QED) is 0.868. The number of carbonyl (C=O) groups excluding carboxylic acids is 1. The molecule has 2 rings (SSSR count). The molecular weight excluding hydrogens is 292 g/mol. The summed E-state index contributed by atoms with van der Waals surface area (Å²) >= 11 is 0. The fourth-order valence-corrected chi connectivity index (χ4v) is 3.21. The van der Waals surface area contributed by atoms with E-state index in [0.717, 1.165) is 37.7 Å². The molecule has 0 radical (unpaired) electrons. The number of hydrogen-bond donors (Lipinski definition) is 1. The van der Waals surface area contributed by atoms with Gasteiger partial charge < -0.3 is 14.8 Å². The van der Waals surface area contributed by atoms with Crippen molar-refractivity contribution in [3.8, 4) is 5.88 Å². The Balaban J connectivity index is 2.08. The highest BCUT2D eigenvalue weighted by molar-refractivity contribution is 5.97. The monoisotopic (exact) mass is 320 g/mol. The smallest absolute Gasteiger partial charge is 0.256 e. The van der Waals surface area contributed by atoms with Gasteiger partial charge in [0.05, 0.1) is 18.5 Å². The van der Waals surface area contributed by atoms with E-state index in [0.29, 0.717) is 24.1 Å². The summed E-state index contributed by atoms with van der Waals surface area (Å²) in [5.74, 6) is 1.05. The lowest BCUT2D eigenvalue weighted by Crippen LogP contribution is -2.47. The van der Waals surface area contributed by atoms with E-state index < -0.39 is 5.60 Å². The van der Waals surface area contributed by atoms with Gasteiger partial charge in [-0.3, -0.25) is 4.79 Å². The maximum Gasteiger partial charge on any atom is 0.256 e. The van der Waals surface area contributed by atoms with Gasteiger partial charge in [0.2, 0.25) is 5.88 Å². The zero-order valence-electron chi connectivity index (χ0n) is 14.6. The summed E-state index contributed by atoms with van der Waals surface area (Å²) < 4.78 is 11.2. The van der Waals surface area contributed by atoms with Gasteiger partial charge in [0.25, 0.3) is 5.91 Å². The van der Waals surface area contributed by atoms with Gasteiger partial charge in [-0.25, -0.2) is 4.98 Å². The Hall–Kier alpha value is -1.62. The summed E-state index contributed by atoms with van der Waals surface area (Å²) in [5.41, 5.74) is 0.883. The van der Waals surface area contributed by atoms with E-state index in [-0.39, 0.29) is 5.91 Å². The second-order valence-corrected chi connectivity index (χ2v) is 6.55. The number of pyridine rings is 1. The van der Waals surface area contributed by atoms with E-state index in [9.17, 15) is 4.79 Å². The Morgan fingerprint density at radius 1 is 1.52 bits per heavy atom. The second-order valence-electron chi connectivity index (χ2n) is 6.55. The average Bonchev–Trinajstić information content (AvgIpc) is 2.54. The van der Waals surface area contributed by atoms with Crippen LogP contribution >= 0.6 is 0 Å². The van der Waals surface area contributed by atoms with Gasteiger partial charge in [0.1, 0.15) is 5.60 Å². The second kappa shape index (κ2) is 7.77. The SMILES string of the molecule is CCCOc1ncc(NC(=O)[C@]2(OC)CCC[C@@H](C)C2)cc1C. The van der Waals surface area contributed by atoms with E-state index >= 15 is 0 Å². The van der Waals surface area contributed by atoms with Crippen molar-refractivity contribution in [1.82, 2.24) is 4.98 Å². The minimum atomic E-state index is -0.719. The zero-order valence-corrected chi connectivity index (χ0v) is 14.6. The van der Waals surface area contributed by atoms with E-state index in [1.54, 1.807) is 13.3 Å². The molecule has 1 heterocycles. The van der Waals surface area contributed by atoms with E-state index in [1.165, 1.54) is 0 Å². The third-order valence-corrected chi connectivity index (χ3v) is 4.49. The number of nitrogens with one attached hydrogen (secondary N) is 1. The van der Waals surface area contributed by atoms with Crippen LogP contribution in [0.3, 0.4) is 0 Å². The van der Waals surface area contributed by atoms with Gasteiger partial charge >= 0.3 is 0 Å². The summed E-state index contributed by atoms with van der Waals surface area (Å²) in [6.45, 7) is 6.80. The Labute approximate surface area is 138 Å². The average molecular weight is 320 g/mol. The molecule has 5 nitrogen and oxygen atoms in total. The van der Waals surface area contributed by atoms with E-state index in [2.05, 4.69) is 24.1 Å². The number of aromatic nitrogens is 1. The molecule has 1 aliphatic carbocycles. The predicted octanol–water partition coefficient (Wildman–Crippen LogP) is 3.71. The fourth-order valence-electron chi connectivity index (χ4n) is 3.21. The van der Waals surface area contributed by atoms with Crippen LogP contribution in [0.25, 0.3) is 0 Å². The molecule has 1 aromatic rings. The number of ether oxygens (including phenoxy) is 2. The van der Waals surface area contributed by atoms with Crippen LogP contribution in [0.1, 0.15) is 51.5 Å². The molecule has 128 valence electrons. The number of methoxy groups -OCH3 is 1. The fraction of sp³-hybridized carbons (Fsp3) is 0.667. The lowest BCUT2D eigenvalue weighted by atomic mass is 9.78. The normalized spacial score (nSPS) is 24.3. The maximum atomic E-state index is 12.7. The van der Waals surface area contributed by atoms with Crippen molar-refractivity contribution < 1.29 is 14.3 Å². The summed E-state index contributed by atoms with van der Waals surface area (Å²) in [4.78, 5) is 17.0. The molecule has 0 unspecified atom stereocenters. The third kappa shape index (κ3) is 4.22.